The Bertz CT molecular complexity index is 929. The molecule has 1 aromatic carbocycles. The highest BCUT2D eigenvalue weighted by molar-refractivity contribution is 8.18. The van der Waals surface area contributed by atoms with Gasteiger partial charge in [0.05, 0.1) is 4.91 Å². The van der Waals surface area contributed by atoms with Gasteiger partial charge in [0, 0.05) is 31.2 Å². The van der Waals surface area contributed by atoms with Crippen LogP contribution < -0.4 is 5.32 Å². The van der Waals surface area contributed by atoms with Gasteiger partial charge in [0.25, 0.3) is 5.91 Å². The van der Waals surface area contributed by atoms with Crippen molar-refractivity contribution in [2.24, 2.45) is 4.99 Å². The lowest BCUT2D eigenvalue weighted by Crippen LogP contribution is -2.23. The second kappa shape index (κ2) is 6.86. The average molecular weight is 354 g/mol. The topological polar surface area (TPSA) is 93.4 Å². The quantitative estimate of drug-likeness (QED) is 0.836. The van der Waals surface area contributed by atoms with Crippen LogP contribution in [0.3, 0.4) is 0 Å². The van der Waals surface area contributed by atoms with Gasteiger partial charge in [-0.25, -0.2) is 4.68 Å². The van der Waals surface area contributed by atoms with Crippen LogP contribution in [-0.2, 0) is 9.59 Å². The Morgan fingerprint density at radius 3 is 2.56 bits per heavy atom. The van der Waals surface area contributed by atoms with Crippen LogP contribution in [0.25, 0.3) is 17.3 Å². The van der Waals surface area contributed by atoms with Crippen molar-refractivity contribution in [1.29, 1.82) is 0 Å². The molecule has 1 aromatic heterocycles. The third-order valence-electron chi connectivity index (χ3n) is 3.30. The number of amides is 2. The van der Waals surface area contributed by atoms with E-state index in [1.165, 1.54) is 18.5 Å². The molecule has 7 nitrogen and oxygen atoms in total. The maximum atomic E-state index is 12.0. The summed E-state index contributed by atoms with van der Waals surface area (Å²) in [5, 5.41) is 7.04. The molecule has 2 heterocycles. The predicted octanol–water partition coefficient (Wildman–Crippen LogP) is 2.32. The molecule has 2 aromatic rings. The first-order chi connectivity index (χ1) is 11.9. The van der Waals surface area contributed by atoms with Gasteiger partial charge in [-0.3, -0.25) is 14.4 Å². The van der Waals surface area contributed by atoms with Crippen LogP contribution in [0.5, 0.6) is 0 Å². The molecule has 0 aliphatic carbocycles. The summed E-state index contributed by atoms with van der Waals surface area (Å²) in [6.45, 7) is 2.76. The molecule has 0 spiro atoms. The van der Waals surface area contributed by atoms with Crippen LogP contribution in [0, 0.1) is 0 Å². The van der Waals surface area contributed by atoms with Gasteiger partial charge in [-0.05, 0) is 17.8 Å². The zero-order valence-corrected chi connectivity index (χ0v) is 14.3. The molecule has 25 heavy (non-hydrogen) atoms. The van der Waals surface area contributed by atoms with Gasteiger partial charge >= 0.3 is 0 Å². The van der Waals surface area contributed by atoms with Crippen LogP contribution in [-0.4, -0.2) is 32.7 Å². The summed E-state index contributed by atoms with van der Waals surface area (Å²) in [6, 6.07) is 9.36. The SMILES string of the molecule is CC(=O)NC1=NC(=O)C(=Cc2cn(C(C)=O)nc2-c2ccccc2)S1. The number of rotatable bonds is 2. The molecule has 3 rings (SSSR count). The molecule has 126 valence electrons. The Hall–Kier alpha value is -3.00. The minimum atomic E-state index is -0.441. The first kappa shape index (κ1) is 16.8. The standard InChI is InChI=1S/C17H14N4O3S/c1-10(22)18-17-19-16(24)14(25-17)8-13-9-21(11(2)23)20-15(13)12-6-4-3-5-7-12/h3-9H,1-2H3,(H,18,19,22,24). The van der Waals surface area contributed by atoms with Crippen molar-refractivity contribution >= 4 is 40.7 Å². The number of hydrogen-bond acceptors (Lipinski definition) is 5. The van der Waals surface area contributed by atoms with Gasteiger partial charge in [0.15, 0.2) is 5.17 Å². The summed E-state index contributed by atoms with van der Waals surface area (Å²) in [4.78, 5) is 38.9. The minimum Gasteiger partial charge on any atom is -0.305 e. The van der Waals surface area contributed by atoms with Crippen molar-refractivity contribution in [3.63, 3.8) is 0 Å². The molecular weight excluding hydrogens is 340 g/mol. The Morgan fingerprint density at radius 1 is 1.20 bits per heavy atom. The number of nitrogens with zero attached hydrogens (tertiary/aromatic N) is 3. The Kier molecular flexibility index (Phi) is 4.62. The molecule has 1 aliphatic heterocycles. The maximum absolute atomic E-state index is 12.0. The fourth-order valence-electron chi connectivity index (χ4n) is 2.23. The van der Waals surface area contributed by atoms with Gasteiger partial charge in [-0.15, -0.1) is 0 Å². The first-order valence-electron chi connectivity index (χ1n) is 7.40. The molecule has 1 N–H and O–H groups in total. The lowest BCUT2D eigenvalue weighted by molar-refractivity contribution is -0.117. The lowest BCUT2D eigenvalue weighted by Gasteiger charge is -2.00. The van der Waals surface area contributed by atoms with E-state index in [-0.39, 0.29) is 17.0 Å². The molecule has 0 saturated heterocycles. The summed E-state index contributed by atoms with van der Waals surface area (Å²) >= 11 is 1.07. The molecule has 0 fully saturated rings. The Morgan fingerprint density at radius 2 is 1.92 bits per heavy atom. The van der Waals surface area contributed by atoms with Crippen molar-refractivity contribution in [2.75, 3.05) is 0 Å². The number of benzene rings is 1. The molecule has 0 unspecified atom stereocenters. The summed E-state index contributed by atoms with van der Waals surface area (Å²) in [7, 11) is 0. The van der Waals surface area contributed by atoms with Gasteiger partial charge in [0.1, 0.15) is 5.69 Å². The largest absolute Gasteiger partial charge is 0.305 e. The summed E-state index contributed by atoms with van der Waals surface area (Å²) in [5.41, 5.74) is 2.04. The monoisotopic (exact) mass is 354 g/mol. The number of hydrogen-bond donors (Lipinski definition) is 1. The smallest absolute Gasteiger partial charge is 0.286 e. The predicted molar refractivity (Wildman–Crippen MR) is 95.8 cm³/mol. The van der Waals surface area contributed by atoms with Crippen LogP contribution in [0.15, 0.2) is 46.4 Å². The summed E-state index contributed by atoms with van der Waals surface area (Å²) in [6.07, 6.45) is 3.20. The number of amidine groups is 1. The fourth-order valence-corrected chi connectivity index (χ4v) is 3.08. The molecule has 8 heteroatoms. The third kappa shape index (κ3) is 3.74. The molecule has 1 aliphatic rings. The highest BCUT2D eigenvalue weighted by Crippen LogP contribution is 2.30. The molecule has 2 amide bonds. The summed E-state index contributed by atoms with van der Waals surface area (Å²) in [5.74, 6) is -0.972. The van der Waals surface area contributed by atoms with Gasteiger partial charge < -0.3 is 5.32 Å². The Balaban J connectivity index is 1.99. The van der Waals surface area contributed by atoms with E-state index in [4.69, 9.17) is 0 Å². The van der Waals surface area contributed by atoms with Gasteiger partial charge in [-0.2, -0.15) is 10.1 Å². The van der Waals surface area contributed by atoms with Crippen LogP contribution in [0.4, 0.5) is 0 Å². The highest BCUT2D eigenvalue weighted by Gasteiger charge is 2.24. The van der Waals surface area contributed by atoms with E-state index >= 15 is 0 Å². The van der Waals surface area contributed by atoms with Crippen LogP contribution in [0.2, 0.25) is 0 Å². The third-order valence-corrected chi connectivity index (χ3v) is 4.20. The molecule has 0 atom stereocenters. The number of nitrogens with one attached hydrogen (secondary N) is 1. The number of carbonyl (C=O) groups excluding carboxylic acids is 3. The van der Waals surface area contributed by atoms with E-state index in [0.29, 0.717) is 16.2 Å². The van der Waals surface area contributed by atoms with Gasteiger partial charge in [0.2, 0.25) is 11.8 Å². The van der Waals surface area contributed by atoms with Crippen molar-refractivity contribution in [2.45, 2.75) is 13.8 Å². The second-order valence-corrected chi connectivity index (χ2v) is 6.31. The highest BCUT2D eigenvalue weighted by atomic mass is 32.2. The van der Waals surface area contributed by atoms with Crippen molar-refractivity contribution in [3.8, 4) is 11.3 Å². The summed E-state index contributed by atoms with van der Waals surface area (Å²) < 4.78 is 1.23. The van der Waals surface area contributed by atoms with Crippen molar-refractivity contribution < 1.29 is 14.4 Å². The van der Waals surface area contributed by atoms with E-state index < -0.39 is 5.91 Å². The minimum absolute atomic E-state index is 0.234. The lowest BCUT2D eigenvalue weighted by atomic mass is 10.1. The van der Waals surface area contributed by atoms with E-state index in [9.17, 15) is 14.4 Å². The normalized spacial score (nSPS) is 15.4. The first-order valence-corrected chi connectivity index (χ1v) is 8.22. The van der Waals surface area contributed by atoms with E-state index in [0.717, 1.165) is 17.3 Å². The molecule has 0 saturated carbocycles. The van der Waals surface area contributed by atoms with Crippen molar-refractivity contribution in [1.82, 2.24) is 15.1 Å². The molecular formula is C17H14N4O3S. The van der Waals surface area contributed by atoms with Gasteiger partial charge in [-0.1, -0.05) is 30.3 Å². The van der Waals surface area contributed by atoms with Crippen LogP contribution in [0.1, 0.15) is 24.2 Å². The zero-order valence-electron chi connectivity index (χ0n) is 13.5. The molecule has 0 bridgehead atoms. The van der Waals surface area contributed by atoms with E-state index in [1.807, 2.05) is 30.3 Å². The zero-order chi connectivity index (χ0) is 18.0. The van der Waals surface area contributed by atoms with E-state index in [2.05, 4.69) is 15.4 Å². The van der Waals surface area contributed by atoms with Crippen LogP contribution >= 0.6 is 11.8 Å². The number of aromatic nitrogens is 2. The fraction of sp³-hybridized carbons (Fsp3) is 0.118. The Labute approximate surface area is 147 Å². The maximum Gasteiger partial charge on any atom is 0.286 e. The number of carbonyl (C=O) groups is 3. The molecule has 0 radical (unpaired) electrons. The average Bonchev–Trinajstić information content (AvgIpc) is 3.12. The number of thioether (sulfide) groups is 1. The second-order valence-electron chi connectivity index (χ2n) is 5.28. The van der Waals surface area contributed by atoms with Crippen molar-refractivity contribution in [3.05, 3.63) is 47.0 Å². The van der Waals surface area contributed by atoms with E-state index in [1.54, 1.807) is 12.3 Å². The number of aliphatic imine (C=N–C) groups is 1.